The first-order chi connectivity index (χ1) is 12.1. The third kappa shape index (κ3) is 4.77. The summed E-state index contributed by atoms with van der Waals surface area (Å²) in [5, 5.41) is 16.0. The Kier molecular flexibility index (Phi) is 5.58. The second-order valence-corrected chi connectivity index (χ2v) is 5.46. The summed E-state index contributed by atoms with van der Waals surface area (Å²) in [6, 6.07) is 3.35. The van der Waals surface area contributed by atoms with E-state index in [1.54, 1.807) is 6.92 Å². The summed E-state index contributed by atoms with van der Waals surface area (Å²) >= 11 is 0. The molecule has 0 aliphatic rings. The van der Waals surface area contributed by atoms with Crippen LogP contribution < -0.4 is 10.6 Å². The van der Waals surface area contributed by atoms with Crippen LogP contribution in [0.5, 0.6) is 0 Å². The summed E-state index contributed by atoms with van der Waals surface area (Å²) in [6.45, 7) is 3.59. The molecule has 0 fully saturated rings. The van der Waals surface area contributed by atoms with Gasteiger partial charge in [0.15, 0.2) is 5.69 Å². The zero-order valence-electron chi connectivity index (χ0n) is 13.8. The van der Waals surface area contributed by atoms with Gasteiger partial charge in [0.05, 0.1) is 4.92 Å². The highest BCUT2D eigenvalue weighted by atomic mass is 19.4. The first kappa shape index (κ1) is 19.3. The number of nitrogens with one attached hydrogen (secondary N) is 2. The van der Waals surface area contributed by atoms with Crippen LogP contribution in [-0.2, 0) is 6.18 Å². The maximum absolute atomic E-state index is 13.4. The molecular weight excluding hydrogens is 358 g/mol. The number of benzene rings is 1. The molecule has 0 radical (unpaired) electrons. The lowest BCUT2D eigenvalue weighted by Crippen LogP contribution is -2.18. The first-order valence-corrected chi connectivity index (χ1v) is 7.54. The SMILES string of the molecule is CC[C@@H](C)Nc1nc(Nc2ccc(F)c([N+](=O)[O-])c2)cc(C(F)(F)F)n1. The van der Waals surface area contributed by atoms with Crippen LogP contribution in [0.15, 0.2) is 24.3 Å². The van der Waals surface area contributed by atoms with Gasteiger partial charge in [-0.25, -0.2) is 4.98 Å². The highest BCUT2D eigenvalue weighted by molar-refractivity contribution is 5.61. The molecule has 7 nitrogen and oxygen atoms in total. The van der Waals surface area contributed by atoms with E-state index in [4.69, 9.17) is 0 Å². The minimum Gasteiger partial charge on any atom is -0.352 e. The zero-order valence-corrected chi connectivity index (χ0v) is 13.8. The van der Waals surface area contributed by atoms with E-state index >= 15 is 0 Å². The van der Waals surface area contributed by atoms with Gasteiger partial charge in [-0.15, -0.1) is 0 Å². The van der Waals surface area contributed by atoms with Gasteiger partial charge < -0.3 is 10.6 Å². The van der Waals surface area contributed by atoms with Gasteiger partial charge in [-0.3, -0.25) is 10.1 Å². The Labute approximate surface area is 145 Å². The maximum Gasteiger partial charge on any atom is 0.433 e. The molecule has 2 aromatic rings. The monoisotopic (exact) mass is 373 g/mol. The number of anilines is 3. The van der Waals surface area contributed by atoms with Crippen LogP contribution in [0.1, 0.15) is 26.0 Å². The van der Waals surface area contributed by atoms with E-state index < -0.39 is 28.3 Å². The largest absolute Gasteiger partial charge is 0.433 e. The number of nitro benzene ring substituents is 1. The van der Waals surface area contributed by atoms with Crippen molar-refractivity contribution in [2.24, 2.45) is 0 Å². The van der Waals surface area contributed by atoms with Crippen molar-refractivity contribution in [3.63, 3.8) is 0 Å². The molecule has 0 unspecified atom stereocenters. The summed E-state index contributed by atoms with van der Waals surface area (Å²) in [4.78, 5) is 17.2. The molecule has 0 amide bonds. The van der Waals surface area contributed by atoms with Gasteiger partial charge in [0.2, 0.25) is 11.8 Å². The van der Waals surface area contributed by atoms with Crippen molar-refractivity contribution >= 4 is 23.1 Å². The number of hydrogen-bond acceptors (Lipinski definition) is 6. The van der Waals surface area contributed by atoms with E-state index in [0.29, 0.717) is 12.5 Å². The Balaban J connectivity index is 2.40. The fourth-order valence-corrected chi connectivity index (χ4v) is 1.92. The molecular formula is C15H15F4N5O2. The summed E-state index contributed by atoms with van der Waals surface area (Å²) < 4.78 is 52.5. The van der Waals surface area contributed by atoms with Gasteiger partial charge >= 0.3 is 11.9 Å². The van der Waals surface area contributed by atoms with Crippen molar-refractivity contribution in [3.05, 3.63) is 45.9 Å². The molecule has 0 saturated carbocycles. The Bertz CT molecular complexity index is 813. The number of nitro groups is 1. The van der Waals surface area contributed by atoms with E-state index in [1.807, 2.05) is 6.92 Å². The van der Waals surface area contributed by atoms with Crippen molar-refractivity contribution in [2.45, 2.75) is 32.5 Å². The van der Waals surface area contributed by atoms with E-state index in [9.17, 15) is 27.7 Å². The minimum absolute atomic E-state index is 0.0133. The van der Waals surface area contributed by atoms with Gasteiger partial charge in [0.1, 0.15) is 5.82 Å². The second kappa shape index (κ2) is 7.50. The molecule has 1 atom stereocenters. The minimum atomic E-state index is -4.71. The Hall–Kier alpha value is -2.98. The van der Waals surface area contributed by atoms with Crippen LogP contribution in [0.25, 0.3) is 0 Å². The van der Waals surface area contributed by atoms with Crippen molar-refractivity contribution in [1.29, 1.82) is 0 Å². The van der Waals surface area contributed by atoms with Crippen molar-refractivity contribution in [3.8, 4) is 0 Å². The Morgan fingerprint density at radius 1 is 1.27 bits per heavy atom. The van der Waals surface area contributed by atoms with E-state index in [1.165, 1.54) is 0 Å². The molecule has 1 heterocycles. The molecule has 11 heteroatoms. The highest BCUT2D eigenvalue weighted by Crippen LogP contribution is 2.31. The number of aromatic nitrogens is 2. The van der Waals surface area contributed by atoms with E-state index in [2.05, 4.69) is 20.6 Å². The molecule has 2 rings (SSSR count). The quantitative estimate of drug-likeness (QED) is 0.440. The molecule has 0 aliphatic carbocycles. The van der Waals surface area contributed by atoms with Crippen LogP contribution in [0.3, 0.4) is 0 Å². The molecule has 26 heavy (non-hydrogen) atoms. The summed E-state index contributed by atoms with van der Waals surface area (Å²) in [7, 11) is 0. The fraction of sp³-hybridized carbons (Fsp3) is 0.333. The van der Waals surface area contributed by atoms with Crippen LogP contribution >= 0.6 is 0 Å². The fourth-order valence-electron chi connectivity index (χ4n) is 1.92. The van der Waals surface area contributed by atoms with Crippen molar-refractivity contribution in [2.75, 3.05) is 10.6 Å². The lowest BCUT2D eigenvalue weighted by molar-refractivity contribution is -0.387. The second-order valence-electron chi connectivity index (χ2n) is 5.46. The lowest BCUT2D eigenvalue weighted by Gasteiger charge is -2.15. The summed E-state index contributed by atoms with van der Waals surface area (Å²) in [5.41, 5.74) is -1.98. The van der Waals surface area contributed by atoms with Crippen LogP contribution in [-0.4, -0.2) is 20.9 Å². The van der Waals surface area contributed by atoms with Gasteiger partial charge in [-0.2, -0.15) is 22.5 Å². The summed E-state index contributed by atoms with van der Waals surface area (Å²) in [6.07, 6.45) is -4.08. The molecule has 2 N–H and O–H groups in total. The van der Waals surface area contributed by atoms with Crippen LogP contribution in [0.4, 0.5) is 40.7 Å². The van der Waals surface area contributed by atoms with Crippen LogP contribution in [0.2, 0.25) is 0 Å². The highest BCUT2D eigenvalue weighted by Gasteiger charge is 2.34. The third-order valence-corrected chi connectivity index (χ3v) is 3.42. The Morgan fingerprint density at radius 2 is 1.96 bits per heavy atom. The predicted octanol–water partition coefficient (Wildman–Crippen LogP) is 4.50. The average Bonchev–Trinajstić information content (AvgIpc) is 2.55. The third-order valence-electron chi connectivity index (χ3n) is 3.42. The zero-order chi connectivity index (χ0) is 19.5. The molecule has 1 aromatic heterocycles. The van der Waals surface area contributed by atoms with E-state index in [0.717, 1.165) is 18.2 Å². The smallest absolute Gasteiger partial charge is 0.352 e. The molecule has 0 aliphatic heterocycles. The number of rotatable bonds is 6. The first-order valence-electron chi connectivity index (χ1n) is 7.54. The maximum atomic E-state index is 13.4. The molecule has 0 bridgehead atoms. The van der Waals surface area contributed by atoms with Crippen LogP contribution in [0, 0.1) is 15.9 Å². The van der Waals surface area contributed by atoms with Gasteiger partial charge in [-0.1, -0.05) is 6.92 Å². The topological polar surface area (TPSA) is 93.0 Å². The molecule has 1 aromatic carbocycles. The Morgan fingerprint density at radius 3 is 2.54 bits per heavy atom. The van der Waals surface area contributed by atoms with Gasteiger partial charge in [0.25, 0.3) is 0 Å². The van der Waals surface area contributed by atoms with Crippen molar-refractivity contribution in [1.82, 2.24) is 9.97 Å². The molecule has 140 valence electrons. The standard InChI is InChI=1S/C15H15F4N5O2/c1-3-8(2)20-14-22-12(15(17,18)19)7-13(23-14)21-9-4-5-10(16)11(6-9)24(25)26/h4-8H,3H2,1-2H3,(H2,20,21,22,23)/t8-/m1/s1. The normalized spacial score (nSPS) is 12.5. The number of hydrogen-bond donors (Lipinski definition) is 2. The van der Waals surface area contributed by atoms with Crippen molar-refractivity contribution < 1.29 is 22.5 Å². The van der Waals surface area contributed by atoms with E-state index in [-0.39, 0.29) is 23.5 Å². The average molecular weight is 373 g/mol. The predicted molar refractivity (Wildman–Crippen MR) is 86.7 cm³/mol. The molecule has 0 saturated heterocycles. The molecule has 0 spiro atoms. The van der Waals surface area contributed by atoms with Gasteiger partial charge in [0, 0.05) is 23.9 Å². The number of halogens is 4. The number of alkyl halides is 3. The number of nitrogens with zero attached hydrogens (tertiary/aromatic N) is 3. The lowest BCUT2D eigenvalue weighted by atomic mass is 10.2. The summed E-state index contributed by atoms with van der Waals surface area (Å²) in [5.74, 6) is -1.54. The van der Waals surface area contributed by atoms with Gasteiger partial charge in [-0.05, 0) is 25.5 Å².